The van der Waals surface area contributed by atoms with Gasteiger partial charge < -0.3 is 10.2 Å². The number of amides is 1. The van der Waals surface area contributed by atoms with Crippen molar-refractivity contribution in [1.29, 1.82) is 5.26 Å². The third-order valence-electron chi connectivity index (χ3n) is 4.19. The molecule has 2 aromatic rings. The van der Waals surface area contributed by atoms with Gasteiger partial charge in [-0.3, -0.25) is 4.79 Å². The molecule has 1 aromatic heterocycles. The van der Waals surface area contributed by atoms with Crippen LogP contribution in [0.4, 0.5) is 11.6 Å². The zero-order valence-corrected chi connectivity index (χ0v) is 13.6. The fourth-order valence-electron chi connectivity index (χ4n) is 2.70. The Morgan fingerprint density at radius 1 is 1.33 bits per heavy atom. The second kappa shape index (κ2) is 7.09. The normalized spacial score (nSPS) is 14.9. The summed E-state index contributed by atoms with van der Waals surface area (Å²) in [4.78, 5) is 23.2. The number of anilines is 2. The van der Waals surface area contributed by atoms with Gasteiger partial charge in [0.05, 0.1) is 11.6 Å². The van der Waals surface area contributed by atoms with Gasteiger partial charge in [-0.05, 0) is 43.0 Å². The average molecular weight is 321 g/mol. The standard InChI is InChI=1S/C18H19N5O/c1-13-6-9-23(10-7-13)18-20-8-5-16(22-18)17(24)21-15-4-2-3-14(11-15)12-19/h2-5,8,11,13H,6-7,9-10H2,1H3,(H,21,24). The van der Waals surface area contributed by atoms with Crippen LogP contribution in [-0.4, -0.2) is 29.0 Å². The highest BCUT2D eigenvalue weighted by atomic mass is 16.1. The first-order valence-electron chi connectivity index (χ1n) is 8.05. The van der Waals surface area contributed by atoms with Crippen LogP contribution < -0.4 is 10.2 Å². The maximum atomic E-state index is 12.4. The highest BCUT2D eigenvalue weighted by molar-refractivity contribution is 6.03. The lowest BCUT2D eigenvalue weighted by molar-refractivity contribution is 0.102. The van der Waals surface area contributed by atoms with Gasteiger partial charge in [0.25, 0.3) is 5.91 Å². The van der Waals surface area contributed by atoms with Gasteiger partial charge >= 0.3 is 0 Å². The van der Waals surface area contributed by atoms with Crippen molar-refractivity contribution in [3.05, 3.63) is 47.8 Å². The number of nitriles is 1. The quantitative estimate of drug-likeness (QED) is 0.940. The Morgan fingerprint density at radius 3 is 2.88 bits per heavy atom. The predicted octanol–water partition coefficient (Wildman–Crippen LogP) is 2.84. The van der Waals surface area contributed by atoms with Crippen molar-refractivity contribution >= 4 is 17.5 Å². The summed E-state index contributed by atoms with van der Waals surface area (Å²) in [6.45, 7) is 4.07. The molecule has 0 aliphatic carbocycles. The van der Waals surface area contributed by atoms with Gasteiger partial charge in [-0.25, -0.2) is 9.97 Å². The third kappa shape index (κ3) is 3.69. The van der Waals surface area contributed by atoms with Gasteiger partial charge in [0.15, 0.2) is 0 Å². The molecule has 1 aliphatic rings. The number of nitrogens with one attached hydrogen (secondary N) is 1. The number of carbonyl (C=O) groups excluding carboxylic acids is 1. The molecule has 6 heteroatoms. The summed E-state index contributed by atoms with van der Waals surface area (Å²) in [5, 5.41) is 11.7. The summed E-state index contributed by atoms with van der Waals surface area (Å²) in [6, 6.07) is 10.4. The summed E-state index contributed by atoms with van der Waals surface area (Å²) >= 11 is 0. The molecule has 3 rings (SSSR count). The zero-order chi connectivity index (χ0) is 16.9. The molecule has 24 heavy (non-hydrogen) atoms. The smallest absolute Gasteiger partial charge is 0.274 e. The largest absolute Gasteiger partial charge is 0.341 e. The summed E-state index contributed by atoms with van der Waals surface area (Å²) in [5.41, 5.74) is 1.39. The first-order chi connectivity index (χ1) is 11.7. The molecule has 0 unspecified atom stereocenters. The lowest BCUT2D eigenvalue weighted by Gasteiger charge is -2.30. The van der Waals surface area contributed by atoms with E-state index in [-0.39, 0.29) is 5.91 Å². The number of benzene rings is 1. The lowest BCUT2D eigenvalue weighted by Crippen LogP contribution is -2.34. The summed E-state index contributed by atoms with van der Waals surface area (Å²) in [7, 11) is 0. The topological polar surface area (TPSA) is 81.9 Å². The molecule has 1 aliphatic heterocycles. The van der Waals surface area contributed by atoms with Crippen molar-refractivity contribution in [3.8, 4) is 6.07 Å². The number of aromatic nitrogens is 2. The number of rotatable bonds is 3. The van der Waals surface area contributed by atoms with Crippen LogP contribution in [0.15, 0.2) is 36.5 Å². The predicted molar refractivity (Wildman–Crippen MR) is 91.8 cm³/mol. The lowest BCUT2D eigenvalue weighted by atomic mass is 10.00. The van der Waals surface area contributed by atoms with Crippen molar-refractivity contribution < 1.29 is 4.79 Å². The number of hydrogen-bond acceptors (Lipinski definition) is 5. The van der Waals surface area contributed by atoms with Crippen LogP contribution in [0.25, 0.3) is 0 Å². The van der Waals surface area contributed by atoms with Crippen LogP contribution in [0.2, 0.25) is 0 Å². The maximum absolute atomic E-state index is 12.4. The number of carbonyl (C=O) groups is 1. The number of hydrogen-bond donors (Lipinski definition) is 1. The van der Waals surface area contributed by atoms with Gasteiger partial charge in [0, 0.05) is 25.0 Å². The molecular weight excluding hydrogens is 302 g/mol. The fraction of sp³-hybridized carbons (Fsp3) is 0.333. The molecule has 6 nitrogen and oxygen atoms in total. The first-order valence-corrected chi connectivity index (χ1v) is 8.05. The summed E-state index contributed by atoms with van der Waals surface area (Å²) < 4.78 is 0. The molecule has 2 heterocycles. The van der Waals surface area contributed by atoms with E-state index in [1.807, 2.05) is 0 Å². The number of nitrogens with zero attached hydrogens (tertiary/aromatic N) is 4. The molecule has 0 saturated carbocycles. The highest BCUT2D eigenvalue weighted by Crippen LogP contribution is 2.20. The first kappa shape index (κ1) is 15.9. The molecule has 122 valence electrons. The Morgan fingerprint density at radius 2 is 2.12 bits per heavy atom. The molecular formula is C18H19N5O. The monoisotopic (exact) mass is 321 g/mol. The van der Waals surface area contributed by atoms with E-state index in [0.717, 1.165) is 31.8 Å². The van der Waals surface area contributed by atoms with Gasteiger partial charge in [-0.15, -0.1) is 0 Å². The Labute approximate surface area is 141 Å². The van der Waals surface area contributed by atoms with Gasteiger partial charge in [0.2, 0.25) is 5.95 Å². The van der Waals surface area contributed by atoms with Gasteiger partial charge in [0.1, 0.15) is 5.69 Å². The minimum absolute atomic E-state index is 0.306. The Kier molecular flexibility index (Phi) is 4.71. The van der Waals surface area contributed by atoms with E-state index < -0.39 is 0 Å². The molecule has 1 saturated heterocycles. The molecule has 0 atom stereocenters. The molecule has 1 amide bonds. The second-order valence-electron chi connectivity index (χ2n) is 6.06. The van der Waals surface area contributed by atoms with Crippen molar-refractivity contribution in [2.24, 2.45) is 5.92 Å². The fourth-order valence-corrected chi connectivity index (χ4v) is 2.70. The van der Waals surface area contributed by atoms with Crippen molar-refractivity contribution in [1.82, 2.24) is 9.97 Å². The zero-order valence-electron chi connectivity index (χ0n) is 13.6. The molecule has 1 N–H and O–H groups in total. The third-order valence-corrected chi connectivity index (χ3v) is 4.19. The van der Waals surface area contributed by atoms with E-state index in [0.29, 0.717) is 22.9 Å². The van der Waals surface area contributed by atoms with Crippen LogP contribution in [0.5, 0.6) is 0 Å². The van der Waals surface area contributed by atoms with Crippen molar-refractivity contribution in [2.45, 2.75) is 19.8 Å². The minimum atomic E-state index is -0.306. The van der Waals surface area contributed by atoms with Crippen LogP contribution >= 0.6 is 0 Å². The van der Waals surface area contributed by atoms with Crippen LogP contribution in [0, 0.1) is 17.2 Å². The summed E-state index contributed by atoms with van der Waals surface area (Å²) in [5.74, 6) is 1.01. The molecule has 0 spiro atoms. The van der Waals surface area contributed by atoms with Crippen LogP contribution in [0.1, 0.15) is 35.8 Å². The second-order valence-corrected chi connectivity index (χ2v) is 6.06. The molecule has 0 bridgehead atoms. The van der Waals surface area contributed by atoms with Crippen molar-refractivity contribution in [2.75, 3.05) is 23.3 Å². The molecule has 1 fully saturated rings. The van der Waals surface area contributed by atoms with Gasteiger partial charge in [-0.1, -0.05) is 13.0 Å². The maximum Gasteiger partial charge on any atom is 0.274 e. The average Bonchev–Trinajstić information content (AvgIpc) is 2.62. The van der Waals surface area contributed by atoms with Gasteiger partial charge in [-0.2, -0.15) is 5.26 Å². The van der Waals surface area contributed by atoms with Crippen LogP contribution in [-0.2, 0) is 0 Å². The van der Waals surface area contributed by atoms with E-state index in [1.54, 1.807) is 36.5 Å². The molecule has 0 radical (unpaired) electrons. The highest BCUT2D eigenvalue weighted by Gasteiger charge is 2.19. The SMILES string of the molecule is CC1CCN(c2nccc(C(=O)Nc3cccc(C#N)c3)n2)CC1. The van der Waals surface area contributed by atoms with E-state index >= 15 is 0 Å². The van der Waals surface area contributed by atoms with E-state index in [4.69, 9.17) is 5.26 Å². The van der Waals surface area contributed by atoms with E-state index in [1.165, 1.54) is 0 Å². The summed E-state index contributed by atoms with van der Waals surface area (Å²) in [6.07, 6.45) is 3.84. The number of piperidine rings is 1. The Bertz CT molecular complexity index is 775. The van der Waals surface area contributed by atoms with E-state index in [9.17, 15) is 4.79 Å². The van der Waals surface area contributed by atoms with Crippen molar-refractivity contribution in [3.63, 3.8) is 0 Å². The Balaban J connectivity index is 1.73. The van der Waals surface area contributed by atoms with Crippen LogP contribution in [0.3, 0.4) is 0 Å². The Hall–Kier alpha value is -2.94. The van der Waals surface area contributed by atoms with E-state index in [2.05, 4.69) is 33.2 Å². The molecule has 1 aromatic carbocycles. The minimum Gasteiger partial charge on any atom is -0.341 e.